The van der Waals surface area contributed by atoms with Crippen molar-refractivity contribution in [2.24, 2.45) is 0 Å². The maximum Gasteiger partial charge on any atom is 0.140 e. The van der Waals surface area contributed by atoms with Gasteiger partial charge in [-0.15, -0.1) is 0 Å². The van der Waals surface area contributed by atoms with Crippen molar-refractivity contribution in [2.45, 2.75) is 12.6 Å². The van der Waals surface area contributed by atoms with Crippen LogP contribution in [0.4, 0.5) is 5.69 Å². The SMILES string of the molecule is COC1CCN1c1c[nH]c2nccc(-c3ccsc3)c12. The van der Waals surface area contributed by atoms with Crippen LogP contribution in [0, 0.1) is 0 Å². The Morgan fingerprint density at radius 3 is 3.10 bits per heavy atom. The first kappa shape index (κ1) is 11.9. The molecule has 0 amide bonds. The first-order valence-electron chi connectivity index (χ1n) is 6.66. The van der Waals surface area contributed by atoms with Crippen molar-refractivity contribution in [3.63, 3.8) is 0 Å². The molecular weight excluding hydrogens is 270 g/mol. The van der Waals surface area contributed by atoms with Gasteiger partial charge in [-0.2, -0.15) is 11.3 Å². The average Bonchev–Trinajstić information content (AvgIpc) is 3.08. The van der Waals surface area contributed by atoms with Crippen molar-refractivity contribution in [3.8, 4) is 11.1 Å². The number of nitrogens with zero attached hydrogens (tertiary/aromatic N) is 2. The third-order valence-corrected chi connectivity index (χ3v) is 4.61. The molecule has 102 valence electrons. The Kier molecular flexibility index (Phi) is 2.75. The molecule has 20 heavy (non-hydrogen) atoms. The Balaban J connectivity index is 1.90. The molecule has 4 rings (SSSR count). The summed E-state index contributed by atoms with van der Waals surface area (Å²) in [7, 11) is 1.77. The summed E-state index contributed by atoms with van der Waals surface area (Å²) in [4.78, 5) is 10.0. The number of fused-ring (bicyclic) bond motifs is 1. The Hall–Kier alpha value is -1.85. The number of aromatic amines is 1. The molecule has 3 aromatic rings. The highest BCUT2D eigenvalue weighted by Crippen LogP contribution is 2.38. The lowest BCUT2D eigenvalue weighted by atomic mass is 10.0. The first-order valence-corrected chi connectivity index (χ1v) is 7.61. The lowest BCUT2D eigenvalue weighted by Gasteiger charge is -2.41. The predicted molar refractivity (Wildman–Crippen MR) is 82.2 cm³/mol. The van der Waals surface area contributed by atoms with E-state index in [1.807, 2.05) is 12.4 Å². The molecule has 0 bridgehead atoms. The molecule has 0 saturated carbocycles. The lowest BCUT2D eigenvalue weighted by molar-refractivity contribution is 0.0561. The van der Waals surface area contributed by atoms with Gasteiger partial charge in [-0.1, -0.05) is 0 Å². The topological polar surface area (TPSA) is 41.1 Å². The molecule has 1 aliphatic heterocycles. The zero-order valence-corrected chi connectivity index (χ0v) is 12.0. The number of aromatic nitrogens is 2. The molecule has 4 nitrogen and oxygen atoms in total. The van der Waals surface area contributed by atoms with Gasteiger partial charge in [0.2, 0.25) is 0 Å². The second kappa shape index (κ2) is 4.61. The Bertz CT molecular complexity index is 733. The van der Waals surface area contributed by atoms with Crippen LogP contribution in [-0.2, 0) is 4.74 Å². The van der Waals surface area contributed by atoms with Gasteiger partial charge in [0.1, 0.15) is 11.9 Å². The van der Waals surface area contributed by atoms with Crippen LogP contribution in [0.5, 0.6) is 0 Å². The van der Waals surface area contributed by atoms with Crippen LogP contribution < -0.4 is 4.90 Å². The van der Waals surface area contributed by atoms with E-state index in [9.17, 15) is 0 Å². The number of nitrogens with one attached hydrogen (secondary N) is 1. The summed E-state index contributed by atoms with van der Waals surface area (Å²) < 4.78 is 5.50. The monoisotopic (exact) mass is 285 g/mol. The van der Waals surface area contributed by atoms with E-state index in [0.717, 1.165) is 18.6 Å². The van der Waals surface area contributed by atoms with Gasteiger partial charge in [-0.3, -0.25) is 0 Å². The van der Waals surface area contributed by atoms with E-state index in [2.05, 4.69) is 37.8 Å². The lowest BCUT2D eigenvalue weighted by Crippen LogP contribution is -2.48. The molecule has 1 unspecified atom stereocenters. The molecule has 1 aliphatic rings. The van der Waals surface area contributed by atoms with Crippen LogP contribution in [0.2, 0.25) is 0 Å². The zero-order valence-electron chi connectivity index (χ0n) is 11.2. The summed E-state index contributed by atoms with van der Waals surface area (Å²) in [5, 5.41) is 5.47. The minimum absolute atomic E-state index is 0.185. The van der Waals surface area contributed by atoms with Crippen molar-refractivity contribution in [2.75, 3.05) is 18.6 Å². The fraction of sp³-hybridized carbons (Fsp3) is 0.267. The van der Waals surface area contributed by atoms with Gasteiger partial charge in [0.15, 0.2) is 0 Å². The molecule has 0 spiro atoms. The predicted octanol–water partition coefficient (Wildman–Crippen LogP) is 3.47. The number of pyridine rings is 1. The van der Waals surface area contributed by atoms with Gasteiger partial charge in [0, 0.05) is 32.5 Å². The number of anilines is 1. The van der Waals surface area contributed by atoms with E-state index in [-0.39, 0.29) is 6.23 Å². The van der Waals surface area contributed by atoms with Crippen LogP contribution in [0.15, 0.2) is 35.3 Å². The normalized spacial score (nSPS) is 18.4. The minimum atomic E-state index is 0.185. The van der Waals surface area contributed by atoms with Crippen LogP contribution in [-0.4, -0.2) is 29.9 Å². The molecule has 1 atom stereocenters. The van der Waals surface area contributed by atoms with Gasteiger partial charge in [-0.25, -0.2) is 4.98 Å². The number of rotatable bonds is 3. The van der Waals surface area contributed by atoms with Crippen LogP contribution in [0.1, 0.15) is 6.42 Å². The van der Waals surface area contributed by atoms with E-state index >= 15 is 0 Å². The van der Waals surface area contributed by atoms with E-state index < -0.39 is 0 Å². The molecule has 1 N–H and O–H groups in total. The van der Waals surface area contributed by atoms with E-state index in [1.165, 1.54) is 22.2 Å². The number of hydrogen-bond acceptors (Lipinski definition) is 4. The fourth-order valence-electron chi connectivity index (χ4n) is 2.81. The van der Waals surface area contributed by atoms with Gasteiger partial charge in [0.05, 0.1) is 11.1 Å². The maximum atomic E-state index is 5.50. The highest BCUT2D eigenvalue weighted by Gasteiger charge is 2.30. The van der Waals surface area contributed by atoms with Gasteiger partial charge in [0.25, 0.3) is 0 Å². The third-order valence-electron chi connectivity index (χ3n) is 3.93. The fourth-order valence-corrected chi connectivity index (χ4v) is 3.46. The molecule has 0 radical (unpaired) electrons. The van der Waals surface area contributed by atoms with Crippen LogP contribution in [0.25, 0.3) is 22.2 Å². The van der Waals surface area contributed by atoms with Crippen molar-refractivity contribution in [1.29, 1.82) is 0 Å². The molecule has 5 heteroatoms. The highest BCUT2D eigenvalue weighted by molar-refractivity contribution is 7.08. The van der Waals surface area contributed by atoms with Crippen molar-refractivity contribution < 1.29 is 4.74 Å². The molecule has 1 fully saturated rings. The minimum Gasteiger partial charge on any atom is -0.362 e. The summed E-state index contributed by atoms with van der Waals surface area (Å²) in [5.41, 5.74) is 4.60. The second-order valence-corrected chi connectivity index (χ2v) is 5.72. The third kappa shape index (κ3) is 1.67. The highest BCUT2D eigenvalue weighted by atomic mass is 32.1. The van der Waals surface area contributed by atoms with Crippen molar-refractivity contribution in [1.82, 2.24) is 9.97 Å². The standard InChI is InChI=1S/C15H15N3OS/c1-19-13-3-6-18(13)12-8-17-15-14(12)11(2-5-16-15)10-4-7-20-9-10/h2,4-5,7-9,13H,3,6H2,1H3,(H,16,17). The number of thiophene rings is 1. The smallest absolute Gasteiger partial charge is 0.140 e. The summed E-state index contributed by atoms with van der Waals surface area (Å²) >= 11 is 1.72. The Morgan fingerprint density at radius 1 is 1.45 bits per heavy atom. The number of methoxy groups -OCH3 is 1. The average molecular weight is 285 g/mol. The molecule has 1 saturated heterocycles. The molecule has 4 heterocycles. The summed E-state index contributed by atoms with van der Waals surface area (Å²) in [6.07, 6.45) is 5.17. The van der Waals surface area contributed by atoms with Gasteiger partial charge < -0.3 is 14.6 Å². The largest absolute Gasteiger partial charge is 0.362 e. The zero-order chi connectivity index (χ0) is 13.5. The molecule has 3 aromatic heterocycles. The van der Waals surface area contributed by atoms with Crippen LogP contribution in [0.3, 0.4) is 0 Å². The van der Waals surface area contributed by atoms with Crippen molar-refractivity contribution >= 4 is 28.1 Å². The molecule has 0 aliphatic carbocycles. The van der Waals surface area contributed by atoms with E-state index in [1.54, 1.807) is 18.4 Å². The Morgan fingerprint density at radius 2 is 2.40 bits per heavy atom. The quantitative estimate of drug-likeness (QED) is 0.801. The second-order valence-electron chi connectivity index (χ2n) is 4.94. The first-order chi connectivity index (χ1) is 9.88. The Labute approximate surface area is 121 Å². The number of ether oxygens (including phenoxy) is 1. The van der Waals surface area contributed by atoms with Gasteiger partial charge >= 0.3 is 0 Å². The van der Waals surface area contributed by atoms with Crippen molar-refractivity contribution in [3.05, 3.63) is 35.3 Å². The number of hydrogen-bond donors (Lipinski definition) is 1. The van der Waals surface area contributed by atoms with Gasteiger partial charge in [-0.05, 0) is 34.0 Å². The molecule has 0 aromatic carbocycles. The maximum absolute atomic E-state index is 5.50. The molecular formula is C15H15N3OS. The summed E-state index contributed by atoms with van der Waals surface area (Å²) in [6, 6.07) is 4.24. The van der Waals surface area contributed by atoms with Crippen LogP contribution >= 0.6 is 11.3 Å². The number of H-pyrrole nitrogens is 1. The van der Waals surface area contributed by atoms with E-state index in [0.29, 0.717) is 0 Å². The summed E-state index contributed by atoms with van der Waals surface area (Å²) in [5.74, 6) is 0. The van der Waals surface area contributed by atoms with E-state index in [4.69, 9.17) is 4.74 Å². The summed E-state index contributed by atoms with van der Waals surface area (Å²) in [6.45, 7) is 1.03.